The second-order valence-corrected chi connectivity index (χ2v) is 9.29. The number of benzene rings is 2. The predicted molar refractivity (Wildman–Crippen MR) is 112 cm³/mol. The van der Waals surface area contributed by atoms with E-state index in [0.717, 1.165) is 39.1 Å². The number of aryl methyl sites for hydroxylation is 1. The van der Waals surface area contributed by atoms with Gasteiger partial charge in [0.15, 0.2) is 0 Å². The van der Waals surface area contributed by atoms with Gasteiger partial charge in [-0.25, -0.2) is 12.8 Å². The van der Waals surface area contributed by atoms with Crippen molar-refractivity contribution in [2.24, 2.45) is 0 Å². The minimum atomic E-state index is -3.92. The summed E-state index contributed by atoms with van der Waals surface area (Å²) >= 11 is 1.16. The molecule has 1 amide bonds. The molecule has 0 fully saturated rings. The molecule has 1 heterocycles. The predicted octanol–water partition coefficient (Wildman–Crippen LogP) is 3.45. The van der Waals surface area contributed by atoms with Crippen molar-refractivity contribution in [3.05, 3.63) is 59.9 Å². The molecule has 29 heavy (non-hydrogen) atoms. The van der Waals surface area contributed by atoms with Gasteiger partial charge in [0.05, 0.1) is 11.9 Å². The van der Waals surface area contributed by atoms with Crippen LogP contribution in [0.3, 0.4) is 0 Å². The smallest absolute Gasteiger partial charge is 0.249 e. The first kappa shape index (κ1) is 20.9. The second-order valence-electron chi connectivity index (χ2n) is 6.45. The summed E-state index contributed by atoms with van der Waals surface area (Å²) in [7, 11) is -3.92. The largest absolute Gasteiger partial charge is 0.299 e. The van der Waals surface area contributed by atoms with Crippen LogP contribution >= 0.6 is 11.3 Å². The van der Waals surface area contributed by atoms with Crippen LogP contribution in [0.5, 0.6) is 0 Å². The summed E-state index contributed by atoms with van der Waals surface area (Å²) in [4.78, 5) is 12.7. The summed E-state index contributed by atoms with van der Waals surface area (Å²) in [5.41, 5.74) is 1.76. The lowest BCUT2D eigenvalue weighted by Crippen LogP contribution is -2.45. The normalized spacial score (nSPS) is 12.4. The van der Waals surface area contributed by atoms with Crippen LogP contribution in [-0.2, 0) is 14.8 Å². The van der Waals surface area contributed by atoms with E-state index in [2.05, 4.69) is 15.5 Å². The molecule has 0 saturated carbocycles. The molecular formula is C19H19FN4O3S2. The molecular weight excluding hydrogens is 415 g/mol. The first-order chi connectivity index (χ1) is 13.7. The summed E-state index contributed by atoms with van der Waals surface area (Å²) in [5, 5.41) is 11.4. The Morgan fingerprint density at radius 3 is 2.41 bits per heavy atom. The molecule has 1 atom stereocenters. The van der Waals surface area contributed by atoms with Crippen molar-refractivity contribution in [2.75, 3.05) is 15.9 Å². The number of halogens is 1. The summed E-state index contributed by atoms with van der Waals surface area (Å²) in [5.74, 6) is -1.39. The molecule has 1 aromatic heterocycles. The van der Waals surface area contributed by atoms with E-state index in [-0.39, 0.29) is 10.8 Å². The molecule has 2 aromatic carbocycles. The van der Waals surface area contributed by atoms with Crippen LogP contribution in [0, 0.1) is 12.7 Å². The van der Waals surface area contributed by atoms with Gasteiger partial charge in [0, 0.05) is 5.56 Å². The van der Waals surface area contributed by atoms with Crippen LogP contribution in [0.15, 0.2) is 48.5 Å². The quantitative estimate of drug-likeness (QED) is 0.642. The fourth-order valence-corrected chi connectivity index (χ4v) is 4.64. The minimum Gasteiger partial charge on any atom is -0.299 e. The van der Waals surface area contributed by atoms with E-state index in [0.29, 0.717) is 5.01 Å². The van der Waals surface area contributed by atoms with E-state index < -0.39 is 27.8 Å². The topological polar surface area (TPSA) is 92.3 Å². The number of hydrogen-bond acceptors (Lipinski definition) is 6. The molecule has 0 saturated heterocycles. The lowest BCUT2D eigenvalue weighted by atomic mass is 10.2. The molecule has 0 bridgehead atoms. The van der Waals surface area contributed by atoms with Crippen LogP contribution in [0.2, 0.25) is 0 Å². The van der Waals surface area contributed by atoms with Crippen molar-refractivity contribution in [3.63, 3.8) is 0 Å². The Hall–Kier alpha value is -2.85. The number of aromatic nitrogens is 2. The Balaban J connectivity index is 1.82. The first-order valence-corrected chi connectivity index (χ1v) is 11.3. The first-order valence-electron chi connectivity index (χ1n) is 8.62. The highest BCUT2D eigenvalue weighted by Gasteiger charge is 2.31. The molecule has 1 N–H and O–H groups in total. The zero-order valence-electron chi connectivity index (χ0n) is 16.0. The number of anilines is 2. The zero-order chi connectivity index (χ0) is 21.2. The van der Waals surface area contributed by atoms with Gasteiger partial charge in [-0.05, 0) is 26.0 Å². The van der Waals surface area contributed by atoms with Gasteiger partial charge < -0.3 is 0 Å². The molecule has 0 aliphatic carbocycles. The number of sulfonamides is 1. The van der Waals surface area contributed by atoms with Gasteiger partial charge in [0.2, 0.25) is 21.1 Å². The van der Waals surface area contributed by atoms with Crippen molar-refractivity contribution < 1.29 is 17.6 Å². The number of hydrogen-bond donors (Lipinski definition) is 1. The van der Waals surface area contributed by atoms with E-state index >= 15 is 0 Å². The Morgan fingerprint density at radius 1 is 1.14 bits per heavy atom. The number of nitrogens with zero attached hydrogens (tertiary/aromatic N) is 3. The fraction of sp³-hybridized carbons (Fsp3) is 0.211. The fourth-order valence-electron chi connectivity index (χ4n) is 2.71. The van der Waals surface area contributed by atoms with Gasteiger partial charge in [-0.3, -0.25) is 14.4 Å². The van der Waals surface area contributed by atoms with Gasteiger partial charge >= 0.3 is 0 Å². The monoisotopic (exact) mass is 434 g/mol. The van der Waals surface area contributed by atoms with E-state index in [4.69, 9.17) is 0 Å². The van der Waals surface area contributed by atoms with Crippen molar-refractivity contribution in [1.29, 1.82) is 0 Å². The zero-order valence-corrected chi connectivity index (χ0v) is 17.6. The summed E-state index contributed by atoms with van der Waals surface area (Å²) in [6.07, 6.45) is 0.920. The van der Waals surface area contributed by atoms with Gasteiger partial charge in [0.1, 0.15) is 16.9 Å². The summed E-state index contributed by atoms with van der Waals surface area (Å²) < 4.78 is 39.4. The molecule has 10 heteroatoms. The standard InChI is InChI=1S/C19H19FN4O3S2/c1-12-8-10-14(11-9-12)18-22-23-19(28-18)21-17(25)13(2)24(29(3,26)27)16-7-5-4-6-15(16)20/h4-11,13H,1-3H3,(H,21,23,25)/t13-/m0/s1. The molecule has 0 radical (unpaired) electrons. The minimum absolute atomic E-state index is 0.199. The lowest BCUT2D eigenvalue weighted by molar-refractivity contribution is -0.116. The molecule has 0 unspecified atom stereocenters. The maximum absolute atomic E-state index is 14.2. The molecule has 7 nitrogen and oxygen atoms in total. The van der Waals surface area contributed by atoms with Crippen LogP contribution < -0.4 is 9.62 Å². The number of nitrogens with one attached hydrogen (secondary N) is 1. The third-order valence-corrected chi connectivity index (χ3v) is 6.25. The maximum atomic E-state index is 14.2. The van der Waals surface area contributed by atoms with Crippen molar-refractivity contribution in [2.45, 2.75) is 19.9 Å². The van der Waals surface area contributed by atoms with Gasteiger partial charge in [-0.2, -0.15) is 0 Å². The SMILES string of the molecule is Cc1ccc(-c2nnc(NC(=O)[C@H](C)N(c3ccccc3F)S(C)(=O)=O)s2)cc1. The number of carbonyl (C=O) groups excluding carboxylic acids is 1. The van der Waals surface area contributed by atoms with Crippen LogP contribution in [0.1, 0.15) is 12.5 Å². The Morgan fingerprint density at radius 2 is 1.79 bits per heavy atom. The number of para-hydroxylation sites is 1. The summed E-state index contributed by atoms with van der Waals surface area (Å²) in [6, 6.07) is 11.9. The van der Waals surface area contributed by atoms with Gasteiger partial charge in [-0.1, -0.05) is 53.3 Å². The maximum Gasteiger partial charge on any atom is 0.249 e. The van der Waals surface area contributed by atoms with Gasteiger partial charge in [-0.15, -0.1) is 10.2 Å². The Bertz CT molecular complexity index is 1130. The number of amides is 1. The molecule has 152 valence electrons. The van der Waals surface area contributed by atoms with Crippen LogP contribution in [0.25, 0.3) is 10.6 Å². The molecule has 3 aromatic rings. The van der Waals surface area contributed by atoms with Crippen molar-refractivity contribution >= 4 is 38.1 Å². The second kappa shape index (κ2) is 8.26. The van der Waals surface area contributed by atoms with Crippen molar-refractivity contribution in [1.82, 2.24) is 10.2 Å². The van der Waals surface area contributed by atoms with E-state index in [1.54, 1.807) is 0 Å². The number of carbonyl (C=O) groups is 1. The third kappa shape index (κ3) is 4.77. The Kier molecular flexibility index (Phi) is 5.94. The van der Waals surface area contributed by atoms with E-state index in [1.165, 1.54) is 25.1 Å². The van der Waals surface area contributed by atoms with E-state index in [1.807, 2.05) is 31.2 Å². The Labute approximate surface area is 172 Å². The highest BCUT2D eigenvalue weighted by Crippen LogP contribution is 2.28. The van der Waals surface area contributed by atoms with Gasteiger partial charge in [0.25, 0.3) is 0 Å². The lowest BCUT2D eigenvalue weighted by Gasteiger charge is -2.28. The highest BCUT2D eigenvalue weighted by atomic mass is 32.2. The molecule has 0 aliphatic rings. The highest BCUT2D eigenvalue weighted by molar-refractivity contribution is 7.92. The van der Waals surface area contributed by atoms with Crippen molar-refractivity contribution in [3.8, 4) is 10.6 Å². The van der Waals surface area contributed by atoms with Crippen LogP contribution in [0.4, 0.5) is 15.2 Å². The van der Waals surface area contributed by atoms with E-state index in [9.17, 15) is 17.6 Å². The number of rotatable bonds is 6. The van der Waals surface area contributed by atoms with Crippen LogP contribution in [-0.4, -0.2) is 36.8 Å². The average Bonchev–Trinajstić information content (AvgIpc) is 3.11. The molecule has 0 aliphatic heterocycles. The average molecular weight is 435 g/mol. The molecule has 0 spiro atoms. The third-order valence-electron chi connectivity index (χ3n) is 4.13. The molecule has 3 rings (SSSR count). The summed E-state index contributed by atoms with van der Waals surface area (Å²) in [6.45, 7) is 3.35.